The highest BCUT2D eigenvalue weighted by atomic mass is 16.5. The molecule has 6 N–H and O–H groups in total. The van der Waals surface area contributed by atoms with Crippen LogP contribution in [-0.2, 0) is 4.74 Å². The number of nitrogens with zero attached hydrogens (tertiary/aromatic N) is 2. The lowest BCUT2D eigenvalue weighted by atomic mass is 10.0. The molecule has 6 heteroatoms. The average Bonchev–Trinajstić information content (AvgIpc) is 2.15. The second-order valence-corrected chi connectivity index (χ2v) is 3.32. The van der Waals surface area contributed by atoms with Crippen LogP contribution in [0.15, 0.2) is 9.98 Å². The van der Waals surface area contributed by atoms with E-state index in [2.05, 4.69) is 9.98 Å². The molecule has 1 saturated heterocycles. The summed E-state index contributed by atoms with van der Waals surface area (Å²) in [5, 5.41) is 0. The average molecular weight is 199 g/mol. The summed E-state index contributed by atoms with van der Waals surface area (Å²) in [5.41, 5.74) is 15.7. The Balaban J connectivity index is 2.33. The van der Waals surface area contributed by atoms with Gasteiger partial charge < -0.3 is 21.9 Å². The molecule has 0 aromatic rings. The Labute approximate surface area is 83.2 Å². The standard InChI is InChI=1S/C8H17N5O/c9-7(10)13-8(11)12-4-6-2-1-3-14-5-6/h6H,1-5H2,(H6,9,10,11,12,13). The Morgan fingerprint density at radius 3 is 2.71 bits per heavy atom. The van der Waals surface area contributed by atoms with Crippen LogP contribution >= 0.6 is 0 Å². The van der Waals surface area contributed by atoms with Gasteiger partial charge in [-0.15, -0.1) is 0 Å². The summed E-state index contributed by atoms with van der Waals surface area (Å²) in [7, 11) is 0. The van der Waals surface area contributed by atoms with E-state index in [1.807, 2.05) is 0 Å². The van der Waals surface area contributed by atoms with Gasteiger partial charge in [0.05, 0.1) is 6.61 Å². The van der Waals surface area contributed by atoms with E-state index in [0.717, 1.165) is 26.1 Å². The highest BCUT2D eigenvalue weighted by Crippen LogP contribution is 2.13. The van der Waals surface area contributed by atoms with Crippen molar-refractivity contribution in [2.75, 3.05) is 19.8 Å². The third-order valence-electron chi connectivity index (χ3n) is 2.01. The van der Waals surface area contributed by atoms with Crippen LogP contribution in [0.1, 0.15) is 12.8 Å². The maximum atomic E-state index is 5.45. The second kappa shape index (κ2) is 5.43. The molecule has 0 saturated carbocycles. The number of ether oxygens (including phenoxy) is 1. The fourth-order valence-corrected chi connectivity index (χ4v) is 1.34. The summed E-state index contributed by atoms with van der Waals surface area (Å²) in [5.74, 6) is 0.512. The summed E-state index contributed by atoms with van der Waals surface area (Å²) < 4.78 is 5.30. The Bertz CT molecular complexity index is 228. The molecule has 1 unspecified atom stereocenters. The third kappa shape index (κ3) is 4.08. The Hall–Kier alpha value is -1.30. The van der Waals surface area contributed by atoms with Crippen LogP contribution in [0.4, 0.5) is 0 Å². The molecule has 0 aliphatic carbocycles. The maximum absolute atomic E-state index is 5.45. The number of hydrogen-bond donors (Lipinski definition) is 3. The van der Waals surface area contributed by atoms with Crippen molar-refractivity contribution in [2.24, 2.45) is 33.1 Å². The second-order valence-electron chi connectivity index (χ2n) is 3.32. The molecule has 1 heterocycles. The Kier molecular flexibility index (Phi) is 4.18. The number of nitrogens with two attached hydrogens (primary N) is 3. The van der Waals surface area contributed by atoms with Gasteiger partial charge in [0.2, 0.25) is 5.96 Å². The minimum absolute atomic E-state index is 0.0638. The molecule has 1 aliphatic rings. The minimum atomic E-state index is -0.0638. The molecule has 1 rings (SSSR count). The molecule has 6 nitrogen and oxygen atoms in total. The van der Waals surface area contributed by atoms with Crippen LogP contribution in [0.2, 0.25) is 0 Å². The van der Waals surface area contributed by atoms with E-state index in [0.29, 0.717) is 12.5 Å². The number of rotatable bonds is 2. The van der Waals surface area contributed by atoms with Gasteiger partial charge in [0, 0.05) is 19.1 Å². The predicted molar refractivity (Wildman–Crippen MR) is 55.8 cm³/mol. The van der Waals surface area contributed by atoms with E-state index >= 15 is 0 Å². The van der Waals surface area contributed by atoms with Crippen LogP contribution in [0.3, 0.4) is 0 Å². The van der Waals surface area contributed by atoms with Crippen molar-refractivity contribution >= 4 is 11.9 Å². The normalized spacial score (nSPS) is 23.1. The summed E-state index contributed by atoms with van der Waals surface area (Å²) in [6.07, 6.45) is 2.21. The fourth-order valence-electron chi connectivity index (χ4n) is 1.34. The van der Waals surface area contributed by atoms with E-state index in [-0.39, 0.29) is 11.9 Å². The lowest BCUT2D eigenvalue weighted by molar-refractivity contribution is 0.0582. The molecule has 0 aromatic heterocycles. The third-order valence-corrected chi connectivity index (χ3v) is 2.01. The molecule has 0 aromatic carbocycles. The van der Waals surface area contributed by atoms with Crippen molar-refractivity contribution in [1.29, 1.82) is 0 Å². The van der Waals surface area contributed by atoms with Crippen LogP contribution in [-0.4, -0.2) is 31.7 Å². The Morgan fingerprint density at radius 2 is 2.14 bits per heavy atom. The van der Waals surface area contributed by atoms with Gasteiger partial charge >= 0.3 is 0 Å². The highest BCUT2D eigenvalue weighted by Gasteiger charge is 2.12. The smallest absolute Gasteiger partial charge is 0.218 e. The topological polar surface area (TPSA) is 112 Å². The van der Waals surface area contributed by atoms with Crippen molar-refractivity contribution in [3.8, 4) is 0 Å². The van der Waals surface area contributed by atoms with Crippen molar-refractivity contribution in [3.05, 3.63) is 0 Å². The van der Waals surface area contributed by atoms with Crippen molar-refractivity contribution < 1.29 is 4.74 Å². The van der Waals surface area contributed by atoms with Gasteiger partial charge in [0.25, 0.3) is 0 Å². The van der Waals surface area contributed by atoms with Gasteiger partial charge in [-0.2, -0.15) is 4.99 Å². The zero-order chi connectivity index (χ0) is 10.4. The quantitative estimate of drug-likeness (QED) is 0.391. The van der Waals surface area contributed by atoms with E-state index < -0.39 is 0 Å². The first-order valence-electron chi connectivity index (χ1n) is 4.66. The van der Waals surface area contributed by atoms with Crippen molar-refractivity contribution in [2.45, 2.75) is 12.8 Å². The molecule has 80 valence electrons. The molecule has 1 atom stereocenters. The predicted octanol–water partition coefficient (Wildman–Crippen LogP) is -0.999. The molecular formula is C8H17N5O. The maximum Gasteiger partial charge on any atom is 0.218 e. The monoisotopic (exact) mass is 199 g/mol. The fraction of sp³-hybridized carbons (Fsp3) is 0.750. The van der Waals surface area contributed by atoms with Gasteiger partial charge in [0.15, 0.2) is 5.96 Å². The first-order chi connectivity index (χ1) is 6.68. The van der Waals surface area contributed by atoms with E-state index in [9.17, 15) is 0 Å². The van der Waals surface area contributed by atoms with Gasteiger partial charge in [-0.3, -0.25) is 4.99 Å². The molecule has 0 bridgehead atoms. The highest BCUT2D eigenvalue weighted by molar-refractivity contribution is 5.92. The molecule has 1 fully saturated rings. The first-order valence-corrected chi connectivity index (χ1v) is 4.66. The van der Waals surface area contributed by atoms with Crippen LogP contribution in [0.25, 0.3) is 0 Å². The summed E-state index contributed by atoms with van der Waals surface area (Å²) in [6, 6.07) is 0. The molecule has 14 heavy (non-hydrogen) atoms. The minimum Gasteiger partial charge on any atom is -0.381 e. The summed E-state index contributed by atoms with van der Waals surface area (Å²) >= 11 is 0. The first kappa shape index (κ1) is 10.8. The van der Waals surface area contributed by atoms with Crippen LogP contribution in [0.5, 0.6) is 0 Å². The molecule has 0 amide bonds. The zero-order valence-electron chi connectivity index (χ0n) is 8.15. The van der Waals surface area contributed by atoms with Crippen LogP contribution < -0.4 is 17.2 Å². The Morgan fingerprint density at radius 1 is 1.36 bits per heavy atom. The van der Waals surface area contributed by atoms with Crippen LogP contribution in [0, 0.1) is 5.92 Å². The number of hydrogen-bond acceptors (Lipinski definition) is 2. The zero-order valence-corrected chi connectivity index (χ0v) is 8.15. The van der Waals surface area contributed by atoms with Gasteiger partial charge in [-0.25, -0.2) is 0 Å². The molecule has 0 radical (unpaired) electrons. The lowest BCUT2D eigenvalue weighted by Gasteiger charge is -2.19. The SMILES string of the molecule is NC(N)=NC(N)=NCC1CCCOC1. The van der Waals surface area contributed by atoms with E-state index in [1.54, 1.807) is 0 Å². The van der Waals surface area contributed by atoms with Crippen molar-refractivity contribution in [3.63, 3.8) is 0 Å². The molecule has 0 spiro atoms. The van der Waals surface area contributed by atoms with E-state index in [1.165, 1.54) is 0 Å². The number of aliphatic imine (C=N–C) groups is 2. The largest absolute Gasteiger partial charge is 0.381 e. The van der Waals surface area contributed by atoms with E-state index in [4.69, 9.17) is 21.9 Å². The summed E-state index contributed by atoms with van der Waals surface area (Å²) in [6.45, 7) is 2.23. The van der Waals surface area contributed by atoms with Crippen molar-refractivity contribution in [1.82, 2.24) is 0 Å². The van der Waals surface area contributed by atoms with Gasteiger partial charge in [0.1, 0.15) is 0 Å². The lowest BCUT2D eigenvalue weighted by Crippen LogP contribution is -2.27. The molecular weight excluding hydrogens is 182 g/mol. The summed E-state index contributed by atoms with van der Waals surface area (Å²) in [4.78, 5) is 7.68. The number of guanidine groups is 2. The molecule has 1 aliphatic heterocycles. The van der Waals surface area contributed by atoms with Gasteiger partial charge in [-0.1, -0.05) is 0 Å². The van der Waals surface area contributed by atoms with Gasteiger partial charge in [-0.05, 0) is 12.8 Å².